The van der Waals surface area contributed by atoms with Crippen LogP contribution in [0.2, 0.25) is 0 Å². The van der Waals surface area contributed by atoms with Crippen molar-refractivity contribution in [1.29, 1.82) is 0 Å². The average molecular weight is 240 g/mol. The number of hydrogen-bond donors (Lipinski definition) is 0. The maximum atomic E-state index is 2.22. The summed E-state index contributed by atoms with van der Waals surface area (Å²) < 4.78 is 0. The third-order valence-corrected chi connectivity index (χ3v) is 2.98. The van der Waals surface area contributed by atoms with Crippen molar-refractivity contribution in [3.05, 3.63) is 60.2 Å². The maximum absolute atomic E-state index is 2.22. The predicted molar refractivity (Wildman–Crippen MR) is 81.7 cm³/mol. The maximum Gasteiger partial charge on any atom is -0.0184 e. The second-order valence-corrected chi connectivity index (χ2v) is 5.03. The number of hydrogen-bond acceptors (Lipinski definition) is 0. The van der Waals surface area contributed by atoms with Gasteiger partial charge in [0, 0.05) is 0 Å². The van der Waals surface area contributed by atoms with E-state index in [2.05, 4.69) is 76.2 Å². The third kappa shape index (κ3) is 5.18. The van der Waals surface area contributed by atoms with Gasteiger partial charge < -0.3 is 0 Å². The van der Waals surface area contributed by atoms with Gasteiger partial charge in [-0.1, -0.05) is 87.4 Å². The molecule has 0 amide bonds. The molecule has 2 aromatic rings. The van der Waals surface area contributed by atoms with E-state index < -0.39 is 0 Å². The van der Waals surface area contributed by atoms with E-state index in [4.69, 9.17) is 0 Å². The molecule has 0 N–H and O–H groups in total. The van der Waals surface area contributed by atoms with E-state index in [0.29, 0.717) is 0 Å². The molecule has 0 bridgehead atoms. The quantitative estimate of drug-likeness (QED) is 0.630. The molecule has 0 saturated heterocycles. The first-order valence-corrected chi connectivity index (χ1v) is 6.75. The van der Waals surface area contributed by atoms with Crippen molar-refractivity contribution in [3.63, 3.8) is 0 Å². The van der Waals surface area contributed by atoms with Crippen LogP contribution in [0.1, 0.15) is 32.8 Å². The van der Waals surface area contributed by atoms with Gasteiger partial charge in [0.05, 0.1) is 0 Å². The Morgan fingerprint density at radius 3 is 1.67 bits per heavy atom. The van der Waals surface area contributed by atoms with E-state index in [1.807, 2.05) is 6.07 Å². The summed E-state index contributed by atoms with van der Waals surface area (Å²) in [7, 11) is 0. The fraction of sp³-hybridized carbons (Fsp3) is 0.333. The molecule has 0 fully saturated rings. The van der Waals surface area contributed by atoms with Crippen molar-refractivity contribution < 1.29 is 0 Å². The van der Waals surface area contributed by atoms with E-state index in [-0.39, 0.29) is 0 Å². The second kappa shape index (κ2) is 7.71. The molecule has 0 aliphatic heterocycles. The third-order valence-electron chi connectivity index (χ3n) is 2.98. The molecule has 2 rings (SSSR count). The van der Waals surface area contributed by atoms with Crippen LogP contribution in [0, 0.1) is 12.8 Å². The SMILES string of the molecule is CCC(C)C.Cc1ccc(-c2ccccc2)cc1. The summed E-state index contributed by atoms with van der Waals surface area (Å²) in [6.45, 7) is 8.75. The second-order valence-electron chi connectivity index (χ2n) is 5.03. The molecule has 96 valence electrons. The van der Waals surface area contributed by atoms with Crippen molar-refractivity contribution in [3.8, 4) is 11.1 Å². The minimum atomic E-state index is 0.884. The molecule has 0 aliphatic carbocycles. The standard InChI is InChI=1S/C13H12.C5H12/c1-11-7-9-13(10-8-11)12-5-3-2-4-6-12;1-4-5(2)3/h2-10H,1H3;5H,4H2,1-3H3. The Labute approximate surface area is 112 Å². The monoisotopic (exact) mass is 240 g/mol. The lowest BCUT2D eigenvalue weighted by Crippen LogP contribution is -1.77. The molecule has 0 spiro atoms. The van der Waals surface area contributed by atoms with Crippen molar-refractivity contribution in [2.45, 2.75) is 34.1 Å². The molecule has 0 atom stereocenters. The molecular formula is C18H24. The minimum Gasteiger partial charge on any atom is -0.0651 e. The molecular weight excluding hydrogens is 216 g/mol. The molecule has 0 radical (unpaired) electrons. The first kappa shape index (κ1) is 14.5. The Kier molecular flexibility index (Phi) is 6.21. The zero-order valence-corrected chi connectivity index (χ0v) is 12.0. The van der Waals surface area contributed by atoms with Gasteiger partial charge in [-0.2, -0.15) is 0 Å². The normalized spacial score (nSPS) is 9.83. The lowest BCUT2D eigenvalue weighted by Gasteiger charge is -2.00. The lowest BCUT2D eigenvalue weighted by molar-refractivity contribution is 0.626. The van der Waals surface area contributed by atoms with Crippen LogP contribution in [-0.4, -0.2) is 0 Å². The average Bonchev–Trinajstić information content (AvgIpc) is 2.41. The summed E-state index contributed by atoms with van der Waals surface area (Å²) in [5.74, 6) is 0.884. The summed E-state index contributed by atoms with van der Waals surface area (Å²) in [6, 6.07) is 19.0. The van der Waals surface area contributed by atoms with E-state index in [9.17, 15) is 0 Å². The number of benzene rings is 2. The largest absolute Gasteiger partial charge is 0.0651 e. The molecule has 0 aromatic heterocycles. The van der Waals surface area contributed by atoms with E-state index in [0.717, 1.165) is 5.92 Å². The van der Waals surface area contributed by atoms with E-state index >= 15 is 0 Å². The van der Waals surface area contributed by atoms with Gasteiger partial charge in [-0.3, -0.25) is 0 Å². The first-order valence-electron chi connectivity index (χ1n) is 6.75. The Morgan fingerprint density at radius 1 is 0.778 bits per heavy atom. The zero-order chi connectivity index (χ0) is 13.4. The summed E-state index contributed by atoms with van der Waals surface area (Å²) in [5.41, 5.74) is 3.87. The van der Waals surface area contributed by atoms with E-state index in [1.54, 1.807) is 0 Å². The fourth-order valence-corrected chi connectivity index (χ4v) is 1.38. The summed E-state index contributed by atoms with van der Waals surface area (Å²) >= 11 is 0. The van der Waals surface area contributed by atoms with Crippen LogP contribution in [0.4, 0.5) is 0 Å². The van der Waals surface area contributed by atoms with Gasteiger partial charge in [0.2, 0.25) is 0 Å². The predicted octanol–water partition coefficient (Wildman–Crippen LogP) is 5.71. The molecule has 0 unspecified atom stereocenters. The summed E-state index contributed by atoms with van der Waals surface area (Å²) in [6.07, 6.45) is 1.31. The minimum absolute atomic E-state index is 0.884. The molecule has 2 aromatic carbocycles. The first-order chi connectivity index (χ1) is 8.63. The highest BCUT2D eigenvalue weighted by Gasteiger charge is 1.93. The van der Waals surface area contributed by atoms with Crippen LogP contribution in [0.25, 0.3) is 11.1 Å². The van der Waals surface area contributed by atoms with Gasteiger partial charge in [-0.15, -0.1) is 0 Å². The smallest absolute Gasteiger partial charge is 0.0184 e. The van der Waals surface area contributed by atoms with Gasteiger partial charge in [0.1, 0.15) is 0 Å². The van der Waals surface area contributed by atoms with Gasteiger partial charge in [0.15, 0.2) is 0 Å². The zero-order valence-electron chi connectivity index (χ0n) is 12.0. The summed E-state index contributed by atoms with van der Waals surface area (Å²) in [5, 5.41) is 0. The van der Waals surface area contributed by atoms with Crippen LogP contribution >= 0.6 is 0 Å². The highest BCUT2D eigenvalue weighted by molar-refractivity contribution is 5.63. The molecule has 0 aliphatic rings. The highest BCUT2D eigenvalue weighted by Crippen LogP contribution is 2.18. The number of aryl methyl sites for hydroxylation is 1. The van der Waals surface area contributed by atoms with E-state index in [1.165, 1.54) is 23.1 Å². The van der Waals surface area contributed by atoms with Gasteiger partial charge >= 0.3 is 0 Å². The number of rotatable bonds is 2. The van der Waals surface area contributed by atoms with Gasteiger partial charge in [-0.25, -0.2) is 0 Å². The van der Waals surface area contributed by atoms with Crippen LogP contribution in [-0.2, 0) is 0 Å². The topological polar surface area (TPSA) is 0 Å². The van der Waals surface area contributed by atoms with Crippen molar-refractivity contribution >= 4 is 0 Å². The van der Waals surface area contributed by atoms with Gasteiger partial charge in [-0.05, 0) is 24.0 Å². The van der Waals surface area contributed by atoms with Crippen LogP contribution < -0.4 is 0 Å². The van der Waals surface area contributed by atoms with Crippen LogP contribution in [0.15, 0.2) is 54.6 Å². The Hall–Kier alpha value is -1.56. The van der Waals surface area contributed by atoms with Crippen molar-refractivity contribution in [2.75, 3.05) is 0 Å². The lowest BCUT2D eigenvalue weighted by atomic mass is 10.0. The Balaban J connectivity index is 0.000000280. The fourth-order valence-electron chi connectivity index (χ4n) is 1.38. The molecule has 0 nitrogen and oxygen atoms in total. The Bertz CT molecular complexity index is 423. The molecule has 0 heteroatoms. The molecule has 0 heterocycles. The summed E-state index contributed by atoms with van der Waals surface area (Å²) in [4.78, 5) is 0. The van der Waals surface area contributed by atoms with Crippen molar-refractivity contribution in [2.24, 2.45) is 5.92 Å². The van der Waals surface area contributed by atoms with Crippen LogP contribution in [0.5, 0.6) is 0 Å². The van der Waals surface area contributed by atoms with Gasteiger partial charge in [0.25, 0.3) is 0 Å². The van der Waals surface area contributed by atoms with Crippen LogP contribution in [0.3, 0.4) is 0 Å². The van der Waals surface area contributed by atoms with Crippen molar-refractivity contribution in [1.82, 2.24) is 0 Å². The Morgan fingerprint density at radius 2 is 1.22 bits per heavy atom. The molecule has 18 heavy (non-hydrogen) atoms. The molecule has 0 saturated carbocycles. The highest BCUT2D eigenvalue weighted by atomic mass is 14.0.